The Hall–Kier alpha value is -2.02. The largest absolute Gasteiger partial charge is 0.352 e. The van der Waals surface area contributed by atoms with Crippen LogP contribution < -0.4 is 5.32 Å². The second-order valence-electron chi connectivity index (χ2n) is 9.07. The first-order valence-corrected chi connectivity index (χ1v) is 13.2. The second-order valence-corrected chi connectivity index (χ2v) is 10.6. The highest BCUT2D eigenvalue weighted by atomic mass is 35.5. The van der Waals surface area contributed by atoms with Crippen molar-refractivity contribution in [2.45, 2.75) is 38.1 Å². The fourth-order valence-electron chi connectivity index (χ4n) is 4.38. The minimum absolute atomic E-state index is 0.0398. The number of rotatable bonds is 8. The zero-order valence-corrected chi connectivity index (χ0v) is 20.7. The van der Waals surface area contributed by atoms with Crippen LogP contribution in [0.4, 0.5) is 0 Å². The highest BCUT2D eigenvalue weighted by Gasteiger charge is 2.32. The van der Waals surface area contributed by atoms with E-state index in [1.165, 1.54) is 25.9 Å². The van der Waals surface area contributed by atoms with Gasteiger partial charge in [-0.25, -0.2) is 0 Å². The minimum Gasteiger partial charge on any atom is -0.352 e. The van der Waals surface area contributed by atoms with Gasteiger partial charge < -0.3 is 15.1 Å². The Bertz CT molecular complexity index is 943. The van der Waals surface area contributed by atoms with Crippen molar-refractivity contribution in [2.24, 2.45) is 5.92 Å². The molecular formula is C26H32ClN3O2S. The lowest BCUT2D eigenvalue weighted by Crippen LogP contribution is -2.35. The van der Waals surface area contributed by atoms with Crippen molar-refractivity contribution in [1.29, 1.82) is 0 Å². The summed E-state index contributed by atoms with van der Waals surface area (Å²) in [6, 6.07) is 15.3. The van der Waals surface area contributed by atoms with Gasteiger partial charge in [-0.1, -0.05) is 42.8 Å². The van der Waals surface area contributed by atoms with Gasteiger partial charge >= 0.3 is 0 Å². The van der Waals surface area contributed by atoms with E-state index in [0.29, 0.717) is 29.4 Å². The molecule has 2 aliphatic rings. The number of carbonyl (C=O) groups is 2. The third kappa shape index (κ3) is 6.52. The molecule has 33 heavy (non-hydrogen) atoms. The lowest BCUT2D eigenvalue weighted by Gasteiger charge is -2.30. The Morgan fingerprint density at radius 1 is 1.09 bits per heavy atom. The van der Waals surface area contributed by atoms with Crippen LogP contribution in [0.2, 0.25) is 5.02 Å². The van der Waals surface area contributed by atoms with Crippen molar-refractivity contribution >= 4 is 35.2 Å². The summed E-state index contributed by atoms with van der Waals surface area (Å²) in [5.74, 6) is 1.40. The Labute approximate surface area is 205 Å². The molecule has 0 aromatic heterocycles. The number of amides is 2. The van der Waals surface area contributed by atoms with Crippen LogP contribution >= 0.6 is 23.4 Å². The van der Waals surface area contributed by atoms with Gasteiger partial charge in [-0.2, -0.15) is 0 Å². The smallest absolute Gasteiger partial charge is 0.251 e. The first kappa shape index (κ1) is 24.1. The van der Waals surface area contributed by atoms with Gasteiger partial charge in [-0.3, -0.25) is 9.59 Å². The molecule has 1 N–H and O–H groups in total. The van der Waals surface area contributed by atoms with Gasteiger partial charge in [0, 0.05) is 23.7 Å². The number of benzene rings is 2. The molecule has 1 atom stereocenters. The van der Waals surface area contributed by atoms with Gasteiger partial charge in [-0.05, 0) is 80.2 Å². The van der Waals surface area contributed by atoms with Crippen LogP contribution in [0.3, 0.4) is 0 Å². The van der Waals surface area contributed by atoms with E-state index >= 15 is 0 Å². The Kier molecular flexibility index (Phi) is 8.34. The second kappa shape index (κ2) is 11.4. The van der Waals surface area contributed by atoms with E-state index in [4.69, 9.17) is 11.6 Å². The molecule has 2 aromatic carbocycles. The van der Waals surface area contributed by atoms with Crippen molar-refractivity contribution in [2.75, 3.05) is 31.9 Å². The summed E-state index contributed by atoms with van der Waals surface area (Å²) in [6.45, 7) is 6.95. The van der Waals surface area contributed by atoms with E-state index in [9.17, 15) is 9.59 Å². The molecule has 5 nitrogen and oxygen atoms in total. The van der Waals surface area contributed by atoms with Gasteiger partial charge in [0.15, 0.2) is 0 Å². The molecule has 0 bridgehead atoms. The fraction of sp³-hybridized carbons (Fsp3) is 0.462. The molecule has 2 saturated heterocycles. The third-order valence-corrected chi connectivity index (χ3v) is 8.01. The number of carbonyl (C=O) groups excluding carboxylic acids is 2. The van der Waals surface area contributed by atoms with Gasteiger partial charge in [0.1, 0.15) is 5.37 Å². The summed E-state index contributed by atoms with van der Waals surface area (Å²) in [7, 11) is 0. The van der Waals surface area contributed by atoms with E-state index in [-0.39, 0.29) is 17.2 Å². The normalized spacial score (nSPS) is 19.8. The summed E-state index contributed by atoms with van der Waals surface area (Å²) < 4.78 is 0. The third-order valence-electron chi connectivity index (χ3n) is 6.51. The molecule has 0 radical (unpaired) electrons. The molecule has 4 rings (SSSR count). The van der Waals surface area contributed by atoms with Crippen molar-refractivity contribution in [1.82, 2.24) is 15.1 Å². The van der Waals surface area contributed by atoms with E-state index in [1.807, 2.05) is 53.4 Å². The number of likely N-dealkylation sites (tertiary alicyclic amines) is 1. The quantitative estimate of drug-likeness (QED) is 0.536. The van der Waals surface area contributed by atoms with Gasteiger partial charge in [0.25, 0.3) is 5.91 Å². The molecule has 7 heteroatoms. The number of halogens is 1. The average molecular weight is 486 g/mol. The summed E-state index contributed by atoms with van der Waals surface area (Å²) in [5.41, 5.74) is 2.75. The number of hydrogen-bond donors (Lipinski definition) is 1. The van der Waals surface area contributed by atoms with Crippen molar-refractivity contribution in [3.8, 4) is 0 Å². The summed E-state index contributed by atoms with van der Waals surface area (Å²) >= 11 is 7.61. The molecule has 0 aliphatic carbocycles. The Morgan fingerprint density at radius 3 is 2.48 bits per heavy atom. The standard InChI is InChI=1S/C26H32ClN3O2S/c1-19-11-15-29(16-12-19)14-2-13-28-25(32)21-5-7-22(8-6-21)26-30(24(31)18-33-26)17-20-3-9-23(27)10-4-20/h3-10,19,26H,2,11-18H2,1H3,(H,28,32). The first-order chi connectivity index (χ1) is 16.0. The molecule has 2 heterocycles. The van der Waals surface area contributed by atoms with Crippen LogP contribution in [0.25, 0.3) is 0 Å². The molecular weight excluding hydrogens is 454 g/mol. The monoisotopic (exact) mass is 485 g/mol. The Morgan fingerprint density at radius 2 is 1.79 bits per heavy atom. The lowest BCUT2D eigenvalue weighted by molar-refractivity contribution is -0.128. The van der Waals surface area contributed by atoms with E-state index in [2.05, 4.69) is 17.1 Å². The fourth-order valence-corrected chi connectivity index (χ4v) is 5.69. The number of nitrogens with one attached hydrogen (secondary N) is 1. The summed E-state index contributed by atoms with van der Waals surface area (Å²) in [5, 5.41) is 3.69. The first-order valence-electron chi connectivity index (χ1n) is 11.8. The van der Waals surface area contributed by atoms with E-state index < -0.39 is 0 Å². The average Bonchev–Trinajstić information content (AvgIpc) is 3.19. The number of piperidine rings is 1. The van der Waals surface area contributed by atoms with Crippen LogP contribution in [0, 0.1) is 5.92 Å². The maximum absolute atomic E-state index is 12.6. The van der Waals surface area contributed by atoms with Crippen LogP contribution in [0.1, 0.15) is 53.0 Å². The van der Waals surface area contributed by atoms with E-state index in [1.54, 1.807) is 11.8 Å². The molecule has 0 saturated carbocycles. The van der Waals surface area contributed by atoms with Gasteiger partial charge in [0.2, 0.25) is 5.91 Å². The highest BCUT2D eigenvalue weighted by molar-refractivity contribution is 8.00. The zero-order chi connectivity index (χ0) is 23.2. The number of thioether (sulfide) groups is 1. The molecule has 176 valence electrons. The van der Waals surface area contributed by atoms with Crippen molar-refractivity contribution < 1.29 is 9.59 Å². The summed E-state index contributed by atoms with van der Waals surface area (Å²) in [4.78, 5) is 29.4. The van der Waals surface area contributed by atoms with Crippen LogP contribution in [0.5, 0.6) is 0 Å². The molecule has 2 fully saturated rings. The molecule has 0 spiro atoms. The summed E-state index contributed by atoms with van der Waals surface area (Å²) in [6.07, 6.45) is 3.53. The number of hydrogen-bond acceptors (Lipinski definition) is 4. The lowest BCUT2D eigenvalue weighted by atomic mass is 9.99. The maximum atomic E-state index is 12.6. The van der Waals surface area contributed by atoms with Crippen molar-refractivity contribution in [3.63, 3.8) is 0 Å². The zero-order valence-electron chi connectivity index (χ0n) is 19.1. The van der Waals surface area contributed by atoms with Crippen molar-refractivity contribution in [3.05, 3.63) is 70.2 Å². The van der Waals surface area contributed by atoms with Crippen LogP contribution in [-0.4, -0.2) is 53.5 Å². The molecule has 2 aromatic rings. The van der Waals surface area contributed by atoms with Crippen LogP contribution in [0.15, 0.2) is 48.5 Å². The van der Waals surface area contributed by atoms with Gasteiger partial charge in [0.05, 0.1) is 5.75 Å². The highest BCUT2D eigenvalue weighted by Crippen LogP contribution is 2.39. The minimum atomic E-state index is -0.0439. The topological polar surface area (TPSA) is 52.7 Å². The number of nitrogens with zero attached hydrogens (tertiary/aromatic N) is 2. The van der Waals surface area contributed by atoms with Crippen LogP contribution in [-0.2, 0) is 11.3 Å². The molecule has 2 amide bonds. The predicted octanol–water partition coefficient (Wildman–Crippen LogP) is 4.97. The van der Waals surface area contributed by atoms with Gasteiger partial charge in [-0.15, -0.1) is 11.8 Å². The SMILES string of the molecule is CC1CCN(CCCNC(=O)c2ccc(C3SCC(=O)N3Cc3ccc(Cl)cc3)cc2)CC1. The molecule has 2 aliphatic heterocycles. The predicted molar refractivity (Wildman–Crippen MR) is 135 cm³/mol. The molecule has 1 unspecified atom stereocenters. The maximum Gasteiger partial charge on any atom is 0.251 e. The van der Waals surface area contributed by atoms with E-state index in [0.717, 1.165) is 30.0 Å². The Balaban J connectivity index is 1.28.